The van der Waals surface area contributed by atoms with Gasteiger partial charge in [-0.05, 0) is 38.5 Å². The molecule has 0 aromatic carbocycles. The van der Waals surface area contributed by atoms with Gasteiger partial charge in [0.2, 0.25) is 5.89 Å². The zero-order valence-electron chi connectivity index (χ0n) is 11.9. The third-order valence-electron chi connectivity index (χ3n) is 3.79. The number of hydrogen-bond acceptors (Lipinski definition) is 5. The van der Waals surface area contributed by atoms with E-state index in [4.69, 9.17) is 9.26 Å². The second-order valence-corrected chi connectivity index (χ2v) is 5.32. The van der Waals surface area contributed by atoms with Gasteiger partial charge in [0.1, 0.15) is 5.92 Å². The van der Waals surface area contributed by atoms with Crippen molar-refractivity contribution < 1.29 is 14.1 Å². The van der Waals surface area contributed by atoms with Crippen LogP contribution < -0.4 is 0 Å². The maximum absolute atomic E-state index is 11.8. The van der Waals surface area contributed by atoms with Gasteiger partial charge in [-0.2, -0.15) is 4.98 Å². The first-order valence-corrected chi connectivity index (χ1v) is 7.15. The quantitative estimate of drug-likeness (QED) is 0.766. The molecular weight excluding hydrogens is 244 g/mol. The van der Waals surface area contributed by atoms with E-state index in [0.717, 1.165) is 24.6 Å². The van der Waals surface area contributed by atoms with Crippen LogP contribution in [-0.4, -0.2) is 22.7 Å². The van der Waals surface area contributed by atoms with Crippen LogP contribution in [-0.2, 0) is 9.53 Å². The molecule has 0 amide bonds. The minimum Gasteiger partial charge on any atom is -0.465 e. The molecule has 1 aliphatic carbocycles. The Bertz CT molecular complexity index is 430. The summed E-state index contributed by atoms with van der Waals surface area (Å²) in [7, 11) is 0. The Morgan fingerprint density at radius 2 is 2.26 bits per heavy atom. The van der Waals surface area contributed by atoms with Crippen molar-refractivity contribution in [3.8, 4) is 0 Å². The van der Waals surface area contributed by atoms with Crippen LogP contribution in [0.4, 0.5) is 0 Å². The van der Waals surface area contributed by atoms with Crippen molar-refractivity contribution in [1.29, 1.82) is 0 Å². The van der Waals surface area contributed by atoms with Crippen LogP contribution in [0.25, 0.3) is 0 Å². The molecule has 5 nitrogen and oxygen atoms in total. The van der Waals surface area contributed by atoms with E-state index in [2.05, 4.69) is 17.1 Å². The predicted molar refractivity (Wildman–Crippen MR) is 69.7 cm³/mol. The lowest BCUT2D eigenvalue weighted by molar-refractivity contribution is -0.145. The number of carbonyl (C=O) groups excluding carboxylic acids is 1. The standard InChI is InChI=1S/C14H22N2O3/c1-4-11(14(17)18-5-2)13-15-12(16-19-13)10-7-6-9(3)8-10/h9-11H,4-8H2,1-3H3. The van der Waals surface area contributed by atoms with Crippen molar-refractivity contribution in [2.75, 3.05) is 6.61 Å². The van der Waals surface area contributed by atoms with E-state index in [1.54, 1.807) is 6.92 Å². The Labute approximate surface area is 113 Å². The van der Waals surface area contributed by atoms with Gasteiger partial charge in [-0.25, -0.2) is 0 Å². The number of ether oxygens (including phenoxy) is 1. The molecule has 1 aliphatic rings. The monoisotopic (exact) mass is 266 g/mol. The number of carbonyl (C=O) groups is 1. The van der Waals surface area contributed by atoms with Crippen molar-refractivity contribution in [2.24, 2.45) is 5.92 Å². The second kappa shape index (κ2) is 6.17. The van der Waals surface area contributed by atoms with Gasteiger partial charge in [0.25, 0.3) is 0 Å². The number of rotatable bonds is 5. The highest BCUT2D eigenvalue weighted by atomic mass is 16.5. The normalized spacial score (nSPS) is 24.4. The molecule has 19 heavy (non-hydrogen) atoms. The second-order valence-electron chi connectivity index (χ2n) is 5.32. The molecule has 2 rings (SSSR count). The van der Waals surface area contributed by atoms with Gasteiger partial charge in [-0.3, -0.25) is 4.79 Å². The van der Waals surface area contributed by atoms with Gasteiger partial charge >= 0.3 is 5.97 Å². The minimum atomic E-state index is -0.431. The molecule has 3 unspecified atom stereocenters. The summed E-state index contributed by atoms with van der Waals surface area (Å²) < 4.78 is 10.3. The maximum Gasteiger partial charge on any atom is 0.318 e. The molecule has 1 saturated carbocycles. The summed E-state index contributed by atoms with van der Waals surface area (Å²) in [6, 6.07) is 0. The summed E-state index contributed by atoms with van der Waals surface area (Å²) in [6.07, 6.45) is 4.04. The van der Waals surface area contributed by atoms with Crippen LogP contribution in [0, 0.1) is 5.92 Å². The lowest BCUT2D eigenvalue weighted by Gasteiger charge is -2.08. The molecule has 1 heterocycles. The van der Waals surface area contributed by atoms with Gasteiger partial charge in [0, 0.05) is 5.92 Å². The number of nitrogens with zero attached hydrogens (tertiary/aromatic N) is 2. The van der Waals surface area contributed by atoms with E-state index in [0.29, 0.717) is 24.8 Å². The first-order chi connectivity index (χ1) is 9.15. The fraction of sp³-hybridized carbons (Fsp3) is 0.786. The first kappa shape index (κ1) is 14.0. The minimum absolute atomic E-state index is 0.278. The summed E-state index contributed by atoms with van der Waals surface area (Å²) in [6.45, 7) is 6.33. The van der Waals surface area contributed by atoms with Crippen LogP contribution in [0.15, 0.2) is 4.52 Å². The predicted octanol–water partition coefficient (Wildman–Crippen LogP) is 3.03. The highest BCUT2D eigenvalue weighted by Crippen LogP contribution is 2.37. The van der Waals surface area contributed by atoms with Crippen molar-refractivity contribution in [2.45, 2.75) is 58.3 Å². The Kier molecular flexibility index (Phi) is 4.56. The Morgan fingerprint density at radius 3 is 2.84 bits per heavy atom. The number of esters is 1. The molecule has 0 aliphatic heterocycles. The zero-order valence-corrected chi connectivity index (χ0v) is 11.9. The lowest BCUT2D eigenvalue weighted by Crippen LogP contribution is -2.15. The van der Waals surface area contributed by atoms with E-state index in [1.165, 1.54) is 6.42 Å². The van der Waals surface area contributed by atoms with Crippen molar-refractivity contribution in [1.82, 2.24) is 10.1 Å². The van der Waals surface area contributed by atoms with Crippen molar-refractivity contribution in [3.63, 3.8) is 0 Å². The molecule has 0 N–H and O–H groups in total. The fourth-order valence-corrected chi connectivity index (χ4v) is 2.68. The van der Waals surface area contributed by atoms with E-state index >= 15 is 0 Å². The van der Waals surface area contributed by atoms with Crippen molar-refractivity contribution >= 4 is 5.97 Å². The molecular formula is C14H22N2O3. The molecule has 5 heteroatoms. The lowest BCUT2D eigenvalue weighted by atomic mass is 10.1. The topological polar surface area (TPSA) is 65.2 Å². The van der Waals surface area contributed by atoms with Crippen LogP contribution >= 0.6 is 0 Å². The van der Waals surface area contributed by atoms with E-state index in [-0.39, 0.29) is 5.97 Å². The molecule has 3 atom stereocenters. The summed E-state index contributed by atoms with van der Waals surface area (Å²) in [5.41, 5.74) is 0. The molecule has 1 aromatic heterocycles. The van der Waals surface area contributed by atoms with Gasteiger partial charge in [-0.1, -0.05) is 19.0 Å². The smallest absolute Gasteiger partial charge is 0.318 e. The van der Waals surface area contributed by atoms with Crippen LogP contribution in [0.1, 0.15) is 70.0 Å². The average molecular weight is 266 g/mol. The molecule has 0 spiro atoms. The summed E-state index contributed by atoms with van der Waals surface area (Å²) in [5, 5.41) is 4.05. The Balaban J connectivity index is 2.08. The van der Waals surface area contributed by atoms with Gasteiger partial charge in [0.05, 0.1) is 6.61 Å². The molecule has 1 aromatic rings. The maximum atomic E-state index is 11.8. The summed E-state index contributed by atoms with van der Waals surface area (Å²) in [4.78, 5) is 16.2. The third-order valence-corrected chi connectivity index (χ3v) is 3.79. The molecule has 0 radical (unpaired) electrons. The highest BCUT2D eigenvalue weighted by molar-refractivity contribution is 5.76. The van der Waals surface area contributed by atoms with Crippen LogP contribution in [0.2, 0.25) is 0 Å². The largest absolute Gasteiger partial charge is 0.465 e. The Hall–Kier alpha value is -1.39. The van der Waals surface area contributed by atoms with Crippen molar-refractivity contribution in [3.05, 3.63) is 11.7 Å². The Morgan fingerprint density at radius 1 is 1.47 bits per heavy atom. The van der Waals surface area contributed by atoms with Crippen LogP contribution in [0.3, 0.4) is 0 Å². The summed E-state index contributed by atoms with van der Waals surface area (Å²) in [5.74, 6) is 1.55. The fourth-order valence-electron chi connectivity index (χ4n) is 2.68. The first-order valence-electron chi connectivity index (χ1n) is 7.15. The number of aromatic nitrogens is 2. The van der Waals surface area contributed by atoms with Gasteiger partial charge in [-0.15, -0.1) is 0 Å². The van der Waals surface area contributed by atoms with Gasteiger partial charge < -0.3 is 9.26 Å². The average Bonchev–Trinajstić information content (AvgIpc) is 2.99. The molecule has 0 bridgehead atoms. The molecule has 0 saturated heterocycles. The van der Waals surface area contributed by atoms with E-state index in [1.807, 2.05) is 6.92 Å². The highest BCUT2D eigenvalue weighted by Gasteiger charge is 2.30. The zero-order chi connectivity index (χ0) is 13.8. The third kappa shape index (κ3) is 3.14. The van der Waals surface area contributed by atoms with Crippen LogP contribution in [0.5, 0.6) is 0 Å². The summed E-state index contributed by atoms with van der Waals surface area (Å²) >= 11 is 0. The molecule has 106 valence electrons. The number of hydrogen-bond donors (Lipinski definition) is 0. The molecule has 1 fully saturated rings. The van der Waals surface area contributed by atoms with E-state index in [9.17, 15) is 4.79 Å². The van der Waals surface area contributed by atoms with Gasteiger partial charge in [0.15, 0.2) is 5.82 Å². The van der Waals surface area contributed by atoms with E-state index < -0.39 is 5.92 Å². The SMILES string of the molecule is CCOC(=O)C(CC)c1nc(C2CCC(C)C2)no1.